The first kappa shape index (κ1) is 25.8. The predicted molar refractivity (Wildman–Crippen MR) is 144 cm³/mol. The van der Waals surface area contributed by atoms with E-state index in [0.717, 1.165) is 35.1 Å². The van der Waals surface area contributed by atoms with E-state index in [4.69, 9.17) is 4.74 Å². The second kappa shape index (κ2) is 12.1. The summed E-state index contributed by atoms with van der Waals surface area (Å²) in [6.07, 6.45) is 0.819. The van der Waals surface area contributed by atoms with Gasteiger partial charge < -0.3 is 15.2 Å². The highest BCUT2D eigenvalue weighted by molar-refractivity contribution is 8.14. The quantitative estimate of drug-likeness (QED) is 0.375. The van der Waals surface area contributed by atoms with Crippen LogP contribution in [-0.2, 0) is 21.2 Å². The second-order valence-electron chi connectivity index (χ2n) is 8.46. The number of amidine groups is 1. The van der Waals surface area contributed by atoms with Crippen LogP contribution in [0.3, 0.4) is 0 Å². The zero-order valence-electron chi connectivity index (χ0n) is 19.7. The first-order chi connectivity index (χ1) is 17.4. The van der Waals surface area contributed by atoms with Gasteiger partial charge in [0.05, 0.1) is 17.1 Å². The van der Waals surface area contributed by atoms with E-state index in [1.807, 2.05) is 30.3 Å². The third-order valence-electron chi connectivity index (χ3n) is 5.66. The van der Waals surface area contributed by atoms with Gasteiger partial charge in [0, 0.05) is 23.9 Å². The van der Waals surface area contributed by atoms with Crippen molar-refractivity contribution in [2.75, 3.05) is 23.4 Å². The van der Waals surface area contributed by atoms with Crippen LogP contribution in [0.4, 0.5) is 5.69 Å². The summed E-state index contributed by atoms with van der Waals surface area (Å²) < 4.78 is 32.3. The summed E-state index contributed by atoms with van der Waals surface area (Å²) >= 11 is 1.70. The van der Waals surface area contributed by atoms with Crippen molar-refractivity contribution < 1.29 is 23.1 Å². The molecule has 4 rings (SSSR count). The van der Waals surface area contributed by atoms with Gasteiger partial charge in [0.25, 0.3) is 0 Å². The number of carboxylic acid groups (broad SMARTS) is 1. The number of thioether (sulfide) groups is 1. The Balaban J connectivity index is 1.44. The average Bonchev–Trinajstić information content (AvgIpc) is 2.88. The Morgan fingerprint density at radius 3 is 2.61 bits per heavy atom. The molecule has 0 bridgehead atoms. The van der Waals surface area contributed by atoms with Crippen LogP contribution in [0.5, 0.6) is 5.75 Å². The summed E-state index contributed by atoms with van der Waals surface area (Å²) in [5, 5.41) is 13.6. The molecule has 7 nitrogen and oxygen atoms in total. The molecule has 1 heterocycles. The lowest BCUT2D eigenvalue weighted by Gasteiger charge is -2.16. The summed E-state index contributed by atoms with van der Waals surface area (Å²) in [6.45, 7) is 1.10. The molecule has 0 aliphatic carbocycles. The van der Waals surface area contributed by atoms with Crippen molar-refractivity contribution in [3.8, 4) is 5.75 Å². The third-order valence-corrected chi connectivity index (χ3v) is 8.47. The minimum atomic E-state index is -3.75. The van der Waals surface area contributed by atoms with Crippen molar-refractivity contribution in [3.63, 3.8) is 0 Å². The Morgan fingerprint density at radius 2 is 1.86 bits per heavy atom. The number of carboxylic acids is 1. The molecule has 0 aromatic heterocycles. The monoisotopic (exact) mass is 524 g/mol. The minimum absolute atomic E-state index is 0.106. The fourth-order valence-corrected chi connectivity index (χ4v) is 6.35. The molecule has 36 heavy (non-hydrogen) atoms. The molecule has 1 unspecified atom stereocenters. The number of carbonyl (C=O) groups is 1. The van der Waals surface area contributed by atoms with Crippen LogP contribution < -0.4 is 10.1 Å². The highest BCUT2D eigenvalue weighted by atomic mass is 32.2. The number of aliphatic imine (C=N–C) groups is 1. The molecule has 0 saturated carbocycles. The molecular formula is C27H28N2O5S2. The van der Waals surface area contributed by atoms with Crippen LogP contribution in [0, 0.1) is 0 Å². The molecular weight excluding hydrogens is 496 g/mol. The van der Waals surface area contributed by atoms with E-state index in [-0.39, 0.29) is 23.7 Å². The number of nitrogens with zero attached hydrogens (tertiary/aromatic N) is 1. The Kier molecular flexibility index (Phi) is 8.66. The van der Waals surface area contributed by atoms with Crippen molar-refractivity contribution in [2.24, 2.45) is 4.99 Å². The molecule has 0 amide bonds. The average molecular weight is 525 g/mol. The smallest absolute Gasteiger partial charge is 0.303 e. The molecule has 188 valence electrons. The number of hydrogen-bond donors (Lipinski definition) is 2. The van der Waals surface area contributed by atoms with Crippen molar-refractivity contribution in [1.82, 2.24) is 0 Å². The summed E-state index contributed by atoms with van der Waals surface area (Å²) in [4.78, 5) is 16.0. The Hall–Kier alpha value is -3.30. The van der Waals surface area contributed by atoms with Gasteiger partial charge in [-0.15, -0.1) is 0 Å². The van der Waals surface area contributed by atoms with Gasteiger partial charge in [-0.25, -0.2) is 8.42 Å². The van der Waals surface area contributed by atoms with Gasteiger partial charge in [0.1, 0.15) is 12.4 Å². The maximum atomic E-state index is 13.2. The third kappa shape index (κ3) is 7.35. The van der Waals surface area contributed by atoms with E-state index in [2.05, 4.69) is 10.3 Å². The van der Waals surface area contributed by atoms with Crippen LogP contribution in [0.1, 0.15) is 29.9 Å². The minimum Gasteiger partial charge on any atom is -0.489 e. The Labute approximate surface area is 215 Å². The summed E-state index contributed by atoms with van der Waals surface area (Å²) in [6, 6.07) is 23.0. The number of aliphatic carboxylic acids is 1. The number of anilines is 1. The topological polar surface area (TPSA) is 105 Å². The Morgan fingerprint density at radius 1 is 1.06 bits per heavy atom. The molecule has 0 spiro atoms. The lowest BCUT2D eigenvalue weighted by molar-refractivity contribution is -0.137. The SMILES string of the molecule is O=C(O)CC(CS(=O)(=O)c1cccc(OCc2cccc(NC3=NCCCS3)c2)c1)c1ccccc1. The predicted octanol–water partition coefficient (Wildman–Crippen LogP) is 5.20. The van der Waals surface area contributed by atoms with Gasteiger partial charge in [-0.2, -0.15) is 0 Å². The fourth-order valence-electron chi connectivity index (χ4n) is 3.89. The van der Waals surface area contributed by atoms with Crippen molar-refractivity contribution in [2.45, 2.75) is 30.3 Å². The zero-order chi connectivity index (χ0) is 25.4. The van der Waals surface area contributed by atoms with Gasteiger partial charge in [-0.3, -0.25) is 9.79 Å². The maximum Gasteiger partial charge on any atom is 0.303 e. The summed E-state index contributed by atoms with van der Waals surface area (Å²) in [5.41, 5.74) is 2.54. The lowest BCUT2D eigenvalue weighted by Crippen LogP contribution is -2.18. The van der Waals surface area contributed by atoms with Gasteiger partial charge in [0.2, 0.25) is 0 Å². The van der Waals surface area contributed by atoms with E-state index in [0.29, 0.717) is 11.3 Å². The molecule has 3 aromatic carbocycles. The lowest BCUT2D eigenvalue weighted by atomic mass is 9.98. The van der Waals surface area contributed by atoms with Crippen LogP contribution in [0.25, 0.3) is 0 Å². The number of rotatable bonds is 10. The van der Waals surface area contributed by atoms with Crippen LogP contribution in [-0.4, -0.2) is 42.7 Å². The molecule has 0 radical (unpaired) electrons. The molecule has 0 saturated heterocycles. The van der Waals surface area contributed by atoms with Crippen molar-refractivity contribution in [3.05, 3.63) is 90.0 Å². The zero-order valence-corrected chi connectivity index (χ0v) is 21.3. The first-order valence-corrected chi connectivity index (χ1v) is 14.3. The normalized spacial score (nSPS) is 14.5. The molecule has 1 atom stereocenters. The maximum absolute atomic E-state index is 13.2. The molecule has 3 aromatic rings. The van der Waals surface area contributed by atoms with E-state index >= 15 is 0 Å². The Bertz CT molecular complexity index is 1330. The number of hydrogen-bond acceptors (Lipinski definition) is 7. The molecule has 0 fully saturated rings. The largest absolute Gasteiger partial charge is 0.489 e. The number of benzene rings is 3. The van der Waals surface area contributed by atoms with Crippen LogP contribution >= 0.6 is 11.8 Å². The van der Waals surface area contributed by atoms with Gasteiger partial charge >= 0.3 is 5.97 Å². The van der Waals surface area contributed by atoms with Crippen molar-refractivity contribution in [1.29, 1.82) is 0 Å². The highest BCUT2D eigenvalue weighted by Crippen LogP contribution is 2.27. The first-order valence-electron chi connectivity index (χ1n) is 11.6. The standard InChI is InChI=1S/C27H28N2O5S2/c30-26(31)16-22(21-8-2-1-3-9-21)19-36(32,33)25-12-5-11-24(17-25)34-18-20-7-4-10-23(15-20)29-27-28-13-6-14-35-27/h1-5,7-12,15,17,22H,6,13-14,16,18-19H2,(H,28,29)(H,30,31). The van der Waals surface area contributed by atoms with E-state index in [1.54, 1.807) is 48.2 Å². The highest BCUT2D eigenvalue weighted by Gasteiger charge is 2.25. The molecule has 1 aliphatic rings. The van der Waals surface area contributed by atoms with Gasteiger partial charge in [-0.1, -0.05) is 60.3 Å². The molecule has 9 heteroatoms. The molecule has 2 N–H and O–H groups in total. The fraction of sp³-hybridized carbons (Fsp3) is 0.259. The van der Waals surface area contributed by atoms with E-state index in [1.165, 1.54) is 12.1 Å². The van der Waals surface area contributed by atoms with Crippen LogP contribution in [0.2, 0.25) is 0 Å². The molecule has 1 aliphatic heterocycles. The van der Waals surface area contributed by atoms with E-state index < -0.39 is 21.7 Å². The number of ether oxygens (including phenoxy) is 1. The van der Waals surface area contributed by atoms with Crippen LogP contribution in [0.15, 0.2) is 88.8 Å². The summed E-state index contributed by atoms with van der Waals surface area (Å²) in [5.74, 6) is -0.517. The van der Waals surface area contributed by atoms with E-state index in [9.17, 15) is 18.3 Å². The van der Waals surface area contributed by atoms with Gasteiger partial charge in [-0.05, 0) is 47.9 Å². The summed E-state index contributed by atoms with van der Waals surface area (Å²) in [7, 11) is -3.75. The number of sulfone groups is 1. The van der Waals surface area contributed by atoms with Gasteiger partial charge in [0.15, 0.2) is 15.0 Å². The second-order valence-corrected chi connectivity index (χ2v) is 11.6. The van der Waals surface area contributed by atoms with Crippen molar-refractivity contribution >= 4 is 38.4 Å². The number of nitrogens with one attached hydrogen (secondary N) is 1.